The maximum atomic E-state index is 13.2. The second-order valence-electron chi connectivity index (χ2n) is 3.71. The van der Waals surface area contributed by atoms with E-state index in [1.807, 2.05) is 6.07 Å². The summed E-state index contributed by atoms with van der Waals surface area (Å²) in [5, 5.41) is 2.73. The highest BCUT2D eigenvalue weighted by Gasteiger charge is 2.12. The minimum absolute atomic E-state index is 0.259. The van der Waals surface area contributed by atoms with Crippen molar-refractivity contribution < 1.29 is 9.18 Å². The number of amides is 1. The van der Waals surface area contributed by atoms with E-state index in [0.29, 0.717) is 10.2 Å². The normalized spacial score (nSPS) is 10.3. The Balaban J connectivity index is 2.25. The number of carbonyl (C=O) groups is 1. The first kappa shape index (κ1) is 14.9. The first-order chi connectivity index (χ1) is 8.97. The Morgan fingerprint density at radius 1 is 1.11 bits per heavy atom. The van der Waals surface area contributed by atoms with Crippen molar-refractivity contribution in [3.63, 3.8) is 0 Å². The Morgan fingerprint density at radius 3 is 2.53 bits per heavy atom. The van der Waals surface area contributed by atoms with Crippen LogP contribution in [0.5, 0.6) is 0 Å². The molecule has 0 heterocycles. The predicted molar refractivity (Wildman–Crippen MR) is 88.9 cm³/mol. The lowest BCUT2D eigenvalue weighted by Crippen LogP contribution is -2.13. The van der Waals surface area contributed by atoms with Gasteiger partial charge in [0, 0.05) is 18.2 Å². The minimum atomic E-state index is -0.447. The molecule has 0 unspecified atom stereocenters. The van der Waals surface area contributed by atoms with Crippen molar-refractivity contribution in [2.45, 2.75) is 0 Å². The molecule has 0 bridgehead atoms. The molecule has 0 spiro atoms. The van der Waals surface area contributed by atoms with Crippen LogP contribution in [0.1, 0.15) is 10.4 Å². The van der Waals surface area contributed by atoms with Gasteiger partial charge in [0.15, 0.2) is 0 Å². The van der Waals surface area contributed by atoms with E-state index in [9.17, 15) is 9.18 Å². The van der Waals surface area contributed by atoms with E-state index in [4.69, 9.17) is 0 Å². The highest BCUT2D eigenvalue weighted by molar-refractivity contribution is 14.1. The molecule has 2 aromatic carbocycles. The van der Waals surface area contributed by atoms with Gasteiger partial charge in [-0.15, -0.1) is 0 Å². The zero-order valence-electron chi connectivity index (χ0n) is 9.38. The number of carbonyl (C=O) groups excluding carboxylic acids is 1. The van der Waals surface area contributed by atoms with Crippen LogP contribution in [0.2, 0.25) is 0 Å². The zero-order valence-corrected chi connectivity index (χ0v) is 14.7. The van der Waals surface area contributed by atoms with Crippen LogP contribution in [0.4, 0.5) is 10.1 Å². The molecule has 1 N–H and O–H groups in total. The third-order valence-electron chi connectivity index (χ3n) is 2.35. The molecule has 0 aliphatic heterocycles. The Kier molecular flexibility index (Phi) is 4.97. The van der Waals surface area contributed by atoms with Crippen molar-refractivity contribution in [1.82, 2.24) is 0 Å². The van der Waals surface area contributed by atoms with Crippen LogP contribution in [0.25, 0.3) is 0 Å². The van der Waals surface area contributed by atoms with Gasteiger partial charge in [-0.1, -0.05) is 0 Å². The van der Waals surface area contributed by atoms with E-state index in [1.54, 1.807) is 12.1 Å². The van der Waals surface area contributed by atoms with Crippen LogP contribution < -0.4 is 5.32 Å². The average molecular weight is 499 g/mol. The summed E-state index contributed by atoms with van der Waals surface area (Å²) in [5.41, 5.74) is 0.906. The number of anilines is 1. The quantitative estimate of drug-likeness (QED) is 0.566. The minimum Gasteiger partial charge on any atom is -0.322 e. The molecule has 0 saturated heterocycles. The maximum Gasteiger partial charge on any atom is 0.256 e. The van der Waals surface area contributed by atoms with Gasteiger partial charge in [0.1, 0.15) is 5.82 Å². The van der Waals surface area contributed by atoms with Gasteiger partial charge in [-0.25, -0.2) is 4.39 Å². The summed E-state index contributed by atoms with van der Waals surface area (Å²) in [6.07, 6.45) is 0. The van der Waals surface area contributed by atoms with Crippen molar-refractivity contribution in [3.8, 4) is 0 Å². The molecule has 0 atom stereocenters. The Bertz CT molecular complexity index is 649. The van der Waals surface area contributed by atoms with E-state index < -0.39 is 5.82 Å². The highest BCUT2D eigenvalue weighted by Crippen LogP contribution is 2.24. The van der Waals surface area contributed by atoms with Gasteiger partial charge in [0.05, 0.1) is 5.56 Å². The monoisotopic (exact) mass is 497 g/mol. The summed E-state index contributed by atoms with van der Waals surface area (Å²) in [4.78, 5) is 12.1. The summed E-state index contributed by atoms with van der Waals surface area (Å²) < 4.78 is 15.6. The van der Waals surface area contributed by atoms with Gasteiger partial charge in [0.25, 0.3) is 5.91 Å². The fourth-order valence-electron chi connectivity index (χ4n) is 1.44. The molecule has 0 saturated carbocycles. The molecule has 98 valence electrons. The molecule has 2 rings (SSSR count). The summed E-state index contributed by atoms with van der Waals surface area (Å²) in [6, 6.07) is 9.46. The molecule has 2 aromatic rings. The fourth-order valence-corrected chi connectivity index (χ4v) is 2.58. The molecular formula is C13H7Br2FINO. The van der Waals surface area contributed by atoms with Gasteiger partial charge in [-0.3, -0.25) is 4.79 Å². The maximum absolute atomic E-state index is 13.2. The predicted octanol–water partition coefficient (Wildman–Crippen LogP) is 5.21. The summed E-state index contributed by atoms with van der Waals surface area (Å²) >= 11 is 8.80. The Labute approximate surface area is 140 Å². The lowest BCUT2D eigenvalue weighted by Gasteiger charge is -2.08. The van der Waals surface area contributed by atoms with Gasteiger partial charge >= 0.3 is 0 Å². The van der Waals surface area contributed by atoms with E-state index >= 15 is 0 Å². The summed E-state index contributed by atoms with van der Waals surface area (Å²) in [6.45, 7) is 0. The van der Waals surface area contributed by atoms with Crippen LogP contribution >= 0.6 is 54.5 Å². The van der Waals surface area contributed by atoms with E-state index in [0.717, 1.165) is 8.04 Å². The van der Waals surface area contributed by atoms with Crippen molar-refractivity contribution in [3.05, 3.63) is 60.3 Å². The van der Waals surface area contributed by atoms with Crippen LogP contribution in [0, 0.1) is 9.39 Å². The number of halogens is 4. The topological polar surface area (TPSA) is 29.1 Å². The summed E-state index contributed by atoms with van der Waals surface area (Å²) in [5.74, 6) is -0.809. The molecule has 0 fully saturated rings. The SMILES string of the molecule is O=C(Nc1ccc(I)c(Br)c1)c1cc(F)ccc1Br. The molecule has 19 heavy (non-hydrogen) atoms. The lowest BCUT2D eigenvalue weighted by molar-refractivity contribution is 0.102. The van der Waals surface area contributed by atoms with E-state index in [2.05, 4.69) is 59.8 Å². The molecule has 6 heteroatoms. The standard InChI is InChI=1S/C13H7Br2FINO/c14-10-3-1-7(16)5-9(10)13(19)18-8-2-4-12(17)11(15)6-8/h1-6H,(H,18,19). The molecule has 0 aliphatic rings. The Hall–Kier alpha value is -0.470. The van der Waals surface area contributed by atoms with Crippen LogP contribution in [-0.2, 0) is 0 Å². The Morgan fingerprint density at radius 2 is 1.84 bits per heavy atom. The number of benzene rings is 2. The van der Waals surface area contributed by atoms with Crippen molar-refractivity contribution in [2.75, 3.05) is 5.32 Å². The second kappa shape index (κ2) is 6.32. The van der Waals surface area contributed by atoms with Crippen LogP contribution in [0.3, 0.4) is 0 Å². The van der Waals surface area contributed by atoms with E-state index in [-0.39, 0.29) is 11.5 Å². The third kappa shape index (κ3) is 3.76. The van der Waals surface area contributed by atoms with Gasteiger partial charge in [-0.2, -0.15) is 0 Å². The highest BCUT2D eigenvalue weighted by atomic mass is 127. The van der Waals surface area contributed by atoms with Crippen molar-refractivity contribution in [2.24, 2.45) is 0 Å². The smallest absolute Gasteiger partial charge is 0.256 e. The van der Waals surface area contributed by atoms with Crippen LogP contribution in [-0.4, -0.2) is 5.91 Å². The second-order valence-corrected chi connectivity index (χ2v) is 6.58. The van der Waals surface area contributed by atoms with Crippen LogP contribution in [0.15, 0.2) is 45.3 Å². The molecular weight excluding hydrogens is 492 g/mol. The van der Waals surface area contributed by atoms with Gasteiger partial charge in [0.2, 0.25) is 0 Å². The summed E-state index contributed by atoms with van der Waals surface area (Å²) in [7, 11) is 0. The lowest BCUT2D eigenvalue weighted by atomic mass is 10.2. The first-order valence-electron chi connectivity index (χ1n) is 5.19. The van der Waals surface area contributed by atoms with Gasteiger partial charge in [-0.05, 0) is 90.8 Å². The van der Waals surface area contributed by atoms with Crippen molar-refractivity contribution >= 4 is 66.0 Å². The largest absolute Gasteiger partial charge is 0.322 e. The number of rotatable bonds is 2. The molecule has 1 amide bonds. The fraction of sp³-hybridized carbons (Fsp3) is 0. The molecule has 0 aromatic heterocycles. The number of hydrogen-bond acceptors (Lipinski definition) is 1. The number of hydrogen-bond donors (Lipinski definition) is 1. The van der Waals surface area contributed by atoms with Crippen molar-refractivity contribution in [1.29, 1.82) is 0 Å². The molecule has 0 radical (unpaired) electrons. The average Bonchev–Trinajstić information content (AvgIpc) is 2.36. The molecule has 2 nitrogen and oxygen atoms in total. The molecule has 0 aliphatic carbocycles. The van der Waals surface area contributed by atoms with E-state index in [1.165, 1.54) is 18.2 Å². The first-order valence-corrected chi connectivity index (χ1v) is 7.85. The van der Waals surface area contributed by atoms with Gasteiger partial charge < -0.3 is 5.32 Å². The number of nitrogens with one attached hydrogen (secondary N) is 1. The zero-order chi connectivity index (χ0) is 14.0. The third-order valence-corrected chi connectivity index (χ3v) is 5.38.